The van der Waals surface area contributed by atoms with Crippen LogP contribution in [0.3, 0.4) is 0 Å². The van der Waals surface area contributed by atoms with Gasteiger partial charge in [-0.2, -0.15) is 0 Å². The first-order valence-electron chi connectivity index (χ1n) is 13.1. The van der Waals surface area contributed by atoms with Gasteiger partial charge in [0.1, 0.15) is 5.75 Å². The first kappa shape index (κ1) is 28.7. The molecule has 0 radical (unpaired) electrons. The zero-order chi connectivity index (χ0) is 27.5. The molecule has 3 atom stereocenters. The number of carboxylic acids is 1. The van der Waals surface area contributed by atoms with Crippen molar-refractivity contribution < 1.29 is 33.4 Å². The van der Waals surface area contributed by atoms with Crippen LogP contribution in [0.2, 0.25) is 0 Å². The molecule has 2 aliphatic carbocycles. The second kappa shape index (κ2) is 11.3. The number of halogens is 1. The number of carbonyl (C=O) groups excluding carboxylic acids is 2. The van der Waals surface area contributed by atoms with Crippen molar-refractivity contribution in [1.82, 2.24) is 10.6 Å². The molecule has 0 spiro atoms. The molecule has 1 aromatic carbocycles. The number of nitrogens with one attached hydrogen (secondary N) is 2. The largest absolute Gasteiger partial charge is 0.496 e. The van der Waals surface area contributed by atoms with E-state index in [1.807, 2.05) is 6.92 Å². The fourth-order valence-corrected chi connectivity index (χ4v) is 4.94. The van der Waals surface area contributed by atoms with Gasteiger partial charge < -0.3 is 25.2 Å². The molecule has 3 N–H and O–H groups in total. The number of ether oxygens (including phenoxy) is 2. The highest BCUT2D eigenvalue weighted by Crippen LogP contribution is 2.39. The van der Waals surface area contributed by atoms with E-state index >= 15 is 0 Å². The summed E-state index contributed by atoms with van der Waals surface area (Å²) < 4.78 is 26.0. The summed E-state index contributed by atoms with van der Waals surface area (Å²) in [6, 6.07) is 2.09. The molecule has 0 saturated heterocycles. The molecule has 2 aliphatic rings. The van der Waals surface area contributed by atoms with Gasteiger partial charge in [0.15, 0.2) is 11.6 Å². The summed E-state index contributed by atoms with van der Waals surface area (Å²) in [5, 5.41) is 15.5. The van der Waals surface area contributed by atoms with Gasteiger partial charge in [-0.25, -0.2) is 4.39 Å². The molecule has 3 rings (SSSR count). The van der Waals surface area contributed by atoms with Gasteiger partial charge in [-0.1, -0.05) is 27.2 Å². The number of amides is 2. The lowest BCUT2D eigenvalue weighted by Crippen LogP contribution is -2.49. The Labute approximate surface area is 218 Å². The standard InChI is InChI=1S/C28H41FN2O6/c1-16(27(2,3)4)30-24(32)18-8-7-9-21(18)31-25(33)19-14-23(20(29)15-22(19)36-6)37-17-10-12-28(5,13-11-17)26(34)35/h14-18,21H,7-13H2,1-6H3,(H,30,32)(H,31,33)(H,34,35)/t16-,17-,18+,21-,28+/m1/s1. The van der Waals surface area contributed by atoms with E-state index in [1.54, 1.807) is 6.92 Å². The molecule has 8 nitrogen and oxygen atoms in total. The topological polar surface area (TPSA) is 114 Å². The highest BCUT2D eigenvalue weighted by Gasteiger charge is 2.39. The van der Waals surface area contributed by atoms with E-state index in [0.29, 0.717) is 38.5 Å². The summed E-state index contributed by atoms with van der Waals surface area (Å²) in [7, 11) is 1.36. The molecule has 37 heavy (non-hydrogen) atoms. The van der Waals surface area contributed by atoms with E-state index in [0.717, 1.165) is 12.5 Å². The second-order valence-corrected chi connectivity index (χ2v) is 11.9. The summed E-state index contributed by atoms with van der Waals surface area (Å²) in [5.74, 6) is -2.38. The highest BCUT2D eigenvalue weighted by atomic mass is 19.1. The number of hydrogen-bond acceptors (Lipinski definition) is 5. The van der Waals surface area contributed by atoms with E-state index < -0.39 is 23.1 Å². The van der Waals surface area contributed by atoms with Gasteiger partial charge in [0, 0.05) is 18.2 Å². The fourth-order valence-electron chi connectivity index (χ4n) is 4.94. The molecule has 2 saturated carbocycles. The number of methoxy groups -OCH3 is 1. The summed E-state index contributed by atoms with van der Waals surface area (Å²) >= 11 is 0. The minimum atomic E-state index is -0.840. The number of carboxylic acid groups (broad SMARTS) is 1. The van der Waals surface area contributed by atoms with Crippen molar-refractivity contribution in [3.05, 3.63) is 23.5 Å². The van der Waals surface area contributed by atoms with Crippen molar-refractivity contribution in [3.63, 3.8) is 0 Å². The third-order valence-electron chi connectivity index (χ3n) is 8.17. The predicted molar refractivity (Wildman–Crippen MR) is 137 cm³/mol. The van der Waals surface area contributed by atoms with Crippen LogP contribution in [0.1, 0.15) is 89.9 Å². The van der Waals surface area contributed by atoms with E-state index in [4.69, 9.17) is 9.47 Å². The molecule has 9 heteroatoms. The van der Waals surface area contributed by atoms with Crippen LogP contribution < -0.4 is 20.1 Å². The number of aliphatic carboxylic acids is 1. The quantitative estimate of drug-likeness (QED) is 0.458. The SMILES string of the molecule is COc1cc(F)c(O[C@H]2CC[C@@](C)(C(=O)O)CC2)cc1C(=O)N[C@@H]1CCC[C@@H]1C(=O)N[C@H](C)C(C)(C)C. The van der Waals surface area contributed by atoms with E-state index in [2.05, 4.69) is 31.4 Å². The Balaban J connectivity index is 1.71. The number of carbonyl (C=O) groups is 3. The normalized spacial score (nSPS) is 26.7. The van der Waals surface area contributed by atoms with Crippen molar-refractivity contribution in [3.8, 4) is 11.5 Å². The van der Waals surface area contributed by atoms with Gasteiger partial charge in [-0.3, -0.25) is 14.4 Å². The first-order valence-corrected chi connectivity index (χ1v) is 13.1. The maximum absolute atomic E-state index is 14.8. The molecule has 0 unspecified atom stereocenters. The summed E-state index contributed by atoms with van der Waals surface area (Å²) in [6.07, 6.45) is 3.62. The van der Waals surface area contributed by atoms with Gasteiger partial charge >= 0.3 is 5.97 Å². The van der Waals surface area contributed by atoms with Crippen LogP contribution >= 0.6 is 0 Å². The Morgan fingerprint density at radius 1 is 1.11 bits per heavy atom. The van der Waals surface area contributed by atoms with E-state index in [9.17, 15) is 23.9 Å². The zero-order valence-corrected chi connectivity index (χ0v) is 22.8. The van der Waals surface area contributed by atoms with Crippen LogP contribution in [0.15, 0.2) is 12.1 Å². The van der Waals surface area contributed by atoms with Gasteiger partial charge in [0.2, 0.25) is 5.91 Å². The smallest absolute Gasteiger partial charge is 0.309 e. The van der Waals surface area contributed by atoms with Gasteiger partial charge in [-0.05, 0) is 63.9 Å². The predicted octanol–water partition coefficient (Wildman–Crippen LogP) is 4.70. The van der Waals surface area contributed by atoms with Crippen LogP contribution in [0.5, 0.6) is 11.5 Å². The highest BCUT2D eigenvalue weighted by molar-refractivity contribution is 5.98. The molecular formula is C28H41FN2O6. The molecule has 1 aromatic rings. The Morgan fingerprint density at radius 2 is 1.76 bits per heavy atom. The molecule has 2 amide bonds. The Morgan fingerprint density at radius 3 is 2.32 bits per heavy atom. The average Bonchev–Trinajstić information content (AvgIpc) is 3.28. The van der Waals surface area contributed by atoms with Crippen LogP contribution in [-0.2, 0) is 9.59 Å². The molecule has 0 aromatic heterocycles. The minimum Gasteiger partial charge on any atom is -0.496 e. The lowest BCUT2D eigenvalue weighted by Gasteiger charge is -2.34. The van der Waals surface area contributed by atoms with Crippen molar-refractivity contribution in [2.24, 2.45) is 16.7 Å². The number of benzene rings is 1. The van der Waals surface area contributed by atoms with Crippen molar-refractivity contribution in [1.29, 1.82) is 0 Å². The third-order valence-corrected chi connectivity index (χ3v) is 8.17. The lowest BCUT2D eigenvalue weighted by molar-refractivity contribution is -0.150. The zero-order valence-electron chi connectivity index (χ0n) is 22.8. The summed E-state index contributed by atoms with van der Waals surface area (Å²) in [4.78, 5) is 37.8. The van der Waals surface area contributed by atoms with Crippen LogP contribution in [0.4, 0.5) is 4.39 Å². The Hall–Kier alpha value is -2.84. The Kier molecular flexibility index (Phi) is 8.75. The molecule has 206 valence electrons. The molecule has 0 heterocycles. The average molecular weight is 521 g/mol. The van der Waals surface area contributed by atoms with E-state index in [-0.39, 0.29) is 52.5 Å². The lowest BCUT2D eigenvalue weighted by atomic mass is 9.75. The monoisotopic (exact) mass is 520 g/mol. The first-order chi connectivity index (χ1) is 17.2. The van der Waals surface area contributed by atoms with Crippen LogP contribution in [0.25, 0.3) is 0 Å². The third kappa shape index (κ3) is 6.73. The molecule has 0 bridgehead atoms. The number of rotatable bonds is 8. The van der Waals surface area contributed by atoms with Gasteiger partial charge in [0.25, 0.3) is 5.91 Å². The molecule has 2 fully saturated rings. The number of hydrogen-bond donors (Lipinski definition) is 3. The van der Waals surface area contributed by atoms with Gasteiger partial charge in [-0.15, -0.1) is 0 Å². The minimum absolute atomic E-state index is 0.0259. The maximum Gasteiger partial charge on any atom is 0.309 e. The van der Waals surface area contributed by atoms with Gasteiger partial charge in [0.05, 0.1) is 30.1 Å². The second-order valence-electron chi connectivity index (χ2n) is 11.9. The maximum atomic E-state index is 14.8. The summed E-state index contributed by atoms with van der Waals surface area (Å²) in [5.41, 5.74) is -0.771. The Bertz CT molecular complexity index is 1010. The van der Waals surface area contributed by atoms with Crippen molar-refractivity contribution in [2.45, 2.75) is 97.8 Å². The molecule has 0 aliphatic heterocycles. The van der Waals surface area contributed by atoms with Crippen molar-refractivity contribution in [2.75, 3.05) is 7.11 Å². The fraction of sp³-hybridized carbons (Fsp3) is 0.679. The van der Waals surface area contributed by atoms with E-state index in [1.165, 1.54) is 13.2 Å². The van der Waals surface area contributed by atoms with Crippen LogP contribution in [-0.4, -0.2) is 48.2 Å². The summed E-state index contributed by atoms with van der Waals surface area (Å²) in [6.45, 7) is 9.86. The molecular weight excluding hydrogens is 479 g/mol. The van der Waals surface area contributed by atoms with Crippen molar-refractivity contribution >= 4 is 17.8 Å². The van der Waals surface area contributed by atoms with Crippen LogP contribution in [0, 0.1) is 22.6 Å².